The molecular weight excluding hydrogens is 272 g/mol. The number of fused-ring (bicyclic) bond motifs is 1. The van der Waals surface area contributed by atoms with Crippen LogP contribution in [0.4, 0.5) is 0 Å². The summed E-state index contributed by atoms with van der Waals surface area (Å²) in [5.41, 5.74) is 5.38. The highest BCUT2D eigenvalue weighted by atomic mass is 16.2. The van der Waals surface area contributed by atoms with E-state index in [1.54, 1.807) is 11.5 Å². The van der Waals surface area contributed by atoms with Gasteiger partial charge < -0.3 is 0 Å². The molecule has 0 bridgehead atoms. The summed E-state index contributed by atoms with van der Waals surface area (Å²) in [6.45, 7) is 9.61. The van der Waals surface area contributed by atoms with Crippen molar-refractivity contribution in [2.75, 3.05) is 0 Å². The summed E-state index contributed by atoms with van der Waals surface area (Å²) < 4.78 is 1.67. The molecule has 0 N–H and O–H groups in total. The number of hydrogen-bond donors (Lipinski definition) is 0. The monoisotopic (exact) mass is 290 g/mol. The Balaban J connectivity index is 2.38. The lowest BCUT2D eigenvalue weighted by Gasteiger charge is -2.08. The van der Waals surface area contributed by atoms with Crippen LogP contribution < -0.4 is 0 Å². The normalized spacial score (nSPS) is 10.9. The number of nitrogens with zero attached hydrogens (tertiary/aromatic N) is 2. The number of benzene rings is 2. The van der Waals surface area contributed by atoms with Crippen LogP contribution >= 0.6 is 0 Å². The number of carbonyl (C=O) groups excluding carboxylic acids is 1. The van der Waals surface area contributed by atoms with Gasteiger partial charge >= 0.3 is 0 Å². The van der Waals surface area contributed by atoms with Crippen molar-refractivity contribution in [1.29, 1.82) is 0 Å². The van der Waals surface area contributed by atoms with E-state index in [0.29, 0.717) is 11.4 Å². The molecule has 0 unspecified atom stereocenters. The highest BCUT2D eigenvalue weighted by Crippen LogP contribution is 2.27. The van der Waals surface area contributed by atoms with Crippen LogP contribution in [-0.4, -0.2) is 15.5 Å². The minimum absolute atomic E-state index is 0.121. The van der Waals surface area contributed by atoms with E-state index >= 15 is 0 Å². The number of allylic oxidation sites excluding steroid dienone is 1. The minimum Gasteiger partial charge on any atom is -0.269 e. The molecule has 2 aromatic carbocycles. The molecule has 0 radical (unpaired) electrons. The van der Waals surface area contributed by atoms with Crippen molar-refractivity contribution in [2.24, 2.45) is 0 Å². The Bertz CT molecular complexity index is 889. The van der Waals surface area contributed by atoms with E-state index < -0.39 is 0 Å². The van der Waals surface area contributed by atoms with E-state index in [-0.39, 0.29) is 5.91 Å². The summed E-state index contributed by atoms with van der Waals surface area (Å²) in [7, 11) is 0. The van der Waals surface area contributed by atoms with Crippen LogP contribution in [0.5, 0.6) is 0 Å². The number of rotatable bonds is 2. The minimum atomic E-state index is -0.121. The van der Waals surface area contributed by atoms with Gasteiger partial charge in [0.1, 0.15) is 5.82 Å². The predicted molar refractivity (Wildman–Crippen MR) is 90.1 cm³/mol. The van der Waals surface area contributed by atoms with Gasteiger partial charge in [0, 0.05) is 11.1 Å². The third-order valence-electron chi connectivity index (χ3n) is 3.87. The van der Waals surface area contributed by atoms with Gasteiger partial charge in [-0.25, -0.2) is 4.98 Å². The Hall–Kier alpha value is -2.68. The molecule has 0 fully saturated rings. The Morgan fingerprint density at radius 1 is 1.09 bits per heavy atom. The molecule has 1 aromatic heterocycles. The van der Waals surface area contributed by atoms with Crippen LogP contribution in [0.3, 0.4) is 0 Å². The van der Waals surface area contributed by atoms with Crippen molar-refractivity contribution in [2.45, 2.75) is 20.8 Å². The van der Waals surface area contributed by atoms with Crippen LogP contribution in [-0.2, 0) is 0 Å². The molecule has 0 aliphatic heterocycles. The van der Waals surface area contributed by atoms with Gasteiger partial charge in [0.25, 0.3) is 5.91 Å². The topological polar surface area (TPSA) is 34.9 Å². The largest absolute Gasteiger partial charge is 0.269 e. The van der Waals surface area contributed by atoms with Gasteiger partial charge in [-0.2, -0.15) is 0 Å². The average molecular weight is 290 g/mol. The second kappa shape index (κ2) is 5.26. The summed E-state index contributed by atoms with van der Waals surface area (Å²) in [6.07, 6.45) is 0. The van der Waals surface area contributed by atoms with Gasteiger partial charge in [0.15, 0.2) is 0 Å². The first-order valence-corrected chi connectivity index (χ1v) is 7.24. The summed E-state index contributed by atoms with van der Waals surface area (Å²) in [5.74, 6) is 0.540. The quantitative estimate of drug-likeness (QED) is 0.650. The van der Waals surface area contributed by atoms with Crippen LogP contribution in [0, 0.1) is 13.8 Å². The highest BCUT2D eigenvalue weighted by Gasteiger charge is 2.19. The molecule has 0 atom stereocenters. The number of aromatic nitrogens is 2. The van der Waals surface area contributed by atoms with Gasteiger partial charge in [-0.1, -0.05) is 36.9 Å². The molecule has 3 nitrogen and oxygen atoms in total. The van der Waals surface area contributed by atoms with E-state index in [0.717, 1.165) is 22.2 Å². The molecular formula is C19H18N2O. The van der Waals surface area contributed by atoms with Crippen molar-refractivity contribution in [3.63, 3.8) is 0 Å². The third-order valence-corrected chi connectivity index (χ3v) is 3.87. The zero-order chi connectivity index (χ0) is 15.9. The maximum Gasteiger partial charge on any atom is 0.259 e. The summed E-state index contributed by atoms with van der Waals surface area (Å²) in [4.78, 5) is 17.3. The average Bonchev–Trinajstić information content (AvgIpc) is 2.86. The summed E-state index contributed by atoms with van der Waals surface area (Å²) >= 11 is 0. The van der Waals surface area contributed by atoms with Gasteiger partial charge in [-0.05, 0) is 44.0 Å². The number of hydrogen-bond acceptors (Lipinski definition) is 2. The SMILES string of the molecule is C=C(C)C(=O)n1c(-c2ccccc2)nc2cc(C)c(C)cc21. The molecule has 3 heteroatoms. The molecule has 0 saturated heterocycles. The maximum atomic E-state index is 12.6. The van der Waals surface area contributed by atoms with E-state index in [4.69, 9.17) is 0 Å². The zero-order valence-corrected chi connectivity index (χ0v) is 13.1. The van der Waals surface area contributed by atoms with Crippen LogP contribution in [0.1, 0.15) is 22.8 Å². The molecule has 0 amide bonds. The first kappa shape index (κ1) is 14.3. The van der Waals surface area contributed by atoms with E-state index in [1.807, 2.05) is 49.4 Å². The summed E-state index contributed by atoms with van der Waals surface area (Å²) in [6, 6.07) is 13.8. The van der Waals surface area contributed by atoms with Crippen LogP contribution in [0.15, 0.2) is 54.6 Å². The smallest absolute Gasteiger partial charge is 0.259 e. The Kier molecular flexibility index (Phi) is 3.41. The Morgan fingerprint density at radius 2 is 1.73 bits per heavy atom. The molecule has 0 aliphatic rings. The second-order valence-corrected chi connectivity index (χ2v) is 5.65. The van der Waals surface area contributed by atoms with Crippen molar-refractivity contribution in [3.8, 4) is 11.4 Å². The fourth-order valence-corrected chi connectivity index (χ4v) is 2.51. The fourth-order valence-electron chi connectivity index (χ4n) is 2.51. The molecule has 110 valence electrons. The lowest BCUT2D eigenvalue weighted by molar-refractivity contribution is 0.0962. The number of carbonyl (C=O) groups is 1. The first-order chi connectivity index (χ1) is 10.5. The van der Waals surface area contributed by atoms with Crippen molar-refractivity contribution in [1.82, 2.24) is 9.55 Å². The molecule has 1 heterocycles. The van der Waals surface area contributed by atoms with E-state index in [1.165, 1.54) is 5.56 Å². The maximum absolute atomic E-state index is 12.6. The molecule has 3 aromatic rings. The highest BCUT2D eigenvalue weighted by molar-refractivity contribution is 6.03. The van der Waals surface area contributed by atoms with E-state index in [9.17, 15) is 4.79 Å². The molecule has 22 heavy (non-hydrogen) atoms. The molecule has 0 aliphatic carbocycles. The summed E-state index contributed by atoms with van der Waals surface area (Å²) in [5, 5.41) is 0. The van der Waals surface area contributed by atoms with E-state index in [2.05, 4.69) is 18.5 Å². The molecule has 3 rings (SSSR count). The van der Waals surface area contributed by atoms with Gasteiger partial charge in [-0.3, -0.25) is 9.36 Å². The van der Waals surface area contributed by atoms with Gasteiger partial charge in [0.2, 0.25) is 0 Å². The van der Waals surface area contributed by atoms with Crippen molar-refractivity contribution in [3.05, 3.63) is 65.7 Å². The van der Waals surface area contributed by atoms with Crippen molar-refractivity contribution < 1.29 is 4.79 Å². The van der Waals surface area contributed by atoms with Crippen molar-refractivity contribution >= 4 is 16.9 Å². The fraction of sp³-hybridized carbons (Fsp3) is 0.158. The standard InChI is InChI=1S/C19H18N2O/c1-12(2)19(22)21-17-11-14(4)13(3)10-16(17)20-18(21)15-8-6-5-7-9-15/h5-11H,1H2,2-4H3. The number of imidazole rings is 1. The lowest BCUT2D eigenvalue weighted by Crippen LogP contribution is -2.12. The predicted octanol–water partition coefficient (Wildman–Crippen LogP) is 4.54. The van der Waals surface area contributed by atoms with Gasteiger partial charge in [0.05, 0.1) is 11.0 Å². The molecule has 0 spiro atoms. The zero-order valence-electron chi connectivity index (χ0n) is 13.1. The number of aryl methyl sites for hydroxylation is 2. The second-order valence-electron chi connectivity index (χ2n) is 5.65. The first-order valence-electron chi connectivity index (χ1n) is 7.24. The Labute approximate surface area is 129 Å². The third kappa shape index (κ3) is 2.25. The molecule has 0 saturated carbocycles. The Morgan fingerprint density at radius 3 is 2.36 bits per heavy atom. The lowest BCUT2D eigenvalue weighted by atomic mass is 10.1. The van der Waals surface area contributed by atoms with Gasteiger partial charge in [-0.15, -0.1) is 0 Å². The van der Waals surface area contributed by atoms with Crippen LogP contribution in [0.2, 0.25) is 0 Å². The van der Waals surface area contributed by atoms with Crippen LogP contribution in [0.25, 0.3) is 22.4 Å².